The number of nitrogens with one attached hydrogen (secondary N) is 1. The molecule has 1 aromatic carbocycles. The van der Waals surface area contributed by atoms with Gasteiger partial charge in [0.1, 0.15) is 0 Å². The summed E-state index contributed by atoms with van der Waals surface area (Å²) in [5, 5.41) is 11.3. The van der Waals surface area contributed by atoms with Gasteiger partial charge in [0.05, 0.1) is 12.1 Å². The van der Waals surface area contributed by atoms with E-state index in [0.717, 1.165) is 26.1 Å². The van der Waals surface area contributed by atoms with Crippen molar-refractivity contribution in [2.45, 2.75) is 25.1 Å². The van der Waals surface area contributed by atoms with E-state index in [9.17, 15) is 4.79 Å². The SMILES string of the molecule is CO[C@@H]1CN(Cc2ccccc2)CC[C@H]1NC(=O)O. The molecule has 1 aliphatic heterocycles. The Labute approximate surface area is 113 Å². The number of carbonyl (C=O) groups is 1. The number of hydrogen-bond donors (Lipinski definition) is 2. The summed E-state index contributed by atoms with van der Waals surface area (Å²) in [7, 11) is 1.63. The number of nitrogens with zero attached hydrogens (tertiary/aromatic N) is 1. The molecule has 19 heavy (non-hydrogen) atoms. The van der Waals surface area contributed by atoms with Crippen LogP contribution < -0.4 is 5.32 Å². The maximum Gasteiger partial charge on any atom is 0.404 e. The summed E-state index contributed by atoms with van der Waals surface area (Å²) in [6.45, 7) is 2.50. The van der Waals surface area contributed by atoms with Crippen LogP contribution in [0.3, 0.4) is 0 Å². The number of carboxylic acid groups (broad SMARTS) is 1. The van der Waals surface area contributed by atoms with Gasteiger partial charge in [0.15, 0.2) is 0 Å². The normalized spacial score (nSPS) is 24.1. The third-order valence-corrected chi connectivity index (χ3v) is 3.50. The van der Waals surface area contributed by atoms with E-state index in [0.29, 0.717) is 0 Å². The van der Waals surface area contributed by atoms with Gasteiger partial charge in [-0.2, -0.15) is 0 Å². The fourth-order valence-corrected chi connectivity index (χ4v) is 2.53. The molecule has 2 rings (SSSR count). The van der Waals surface area contributed by atoms with Crippen LogP contribution in [0.15, 0.2) is 30.3 Å². The molecule has 104 valence electrons. The molecule has 1 aliphatic rings. The number of methoxy groups -OCH3 is 1. The highest BCUT2D eigenvalue weighted by atomic mass is 16.5. The van der Waals surface area contributed by atoms with Crippen molar-refractivity contribution in [1.29, 1.82) is 0 Å². The molecule has 0 saturated carbocycles. The molecule has 5 heteroatoms. The molecule has 2 N–H and O–H groups in total. The molecule has 1 aromatic rings. The molecule has 0 aliphatic carbocycles. The maximum atomic E-state index is 10.7. The second kappa shape index (κ2) is 6.54. The lowest BCUT2D eigenvalue weighted by molar-refractivity contribution is 0.00438. The third-order valence-electron chi connectivity index (χ3n) is 3.50. The van der Waals surface area contributed by atoms with Crippen molar-refractivity contribution in [2.75, 3.05) is 20.2 Å². The average molecular weight is 264 g/mol. The zero-order chi connectivity index (χ0) is 13.7. The maximum absolute atomic E-state index is 10.7. The topological polar surface area (TPSA) is 61.8 Å². The minimum atomic E-state index is -0.983. The summed E-state index contributed by atoms with van der Waals surface area (Å²) >= 11 is 0. The van der Waals surface area contributed by atoms with Crippen molar-refractivity contribution in [1.82, 2.24) is 10.2 Å². The van der Waals surface area contributed by atoms with Gasteiger partial charge in [0.25, 0.3) is 0 Å². The van der Waals surface area contributed by atoms with Crippen LogP contribution in [0, 0.1) is 0 Å². The fraction of sp³-hybridized carbons (Fsp3) is 0.500. The summed E-state index contributed by atoms with van der Waals surface area (Å²) in [6, 6.07) is 10.1. The Kier molecular flexibility index (Phi) is 4.76. The molecule has 0 spiro atoms. The molecule has 1 fully saturated rings. The van der Waals surface area contributed by atoms with Gasteiger partial charge in [-0.3, -0.25) is 4.90 Å². The second-order valence-corrected chi connectivity index (χ2v) is 4.84. The number of rotatable bonds is 4. The number of likely N-dealkylation sites (tertiary alicyclic amines) is 1. The van der Waals surface area contributed by atoms with Gasteiger partial charge in [-0.15, -0.1) is 0 Å². The van der Waals surface area contributed by atoms with Crippen LogP contribution in [0.1, 0.15) is 12.0 Å². The Morgan fingerprint density at radius 1 is 1.47 bits per heavy atom. The van der Waals surface area contributed by atoms with Gasteiger partial charge in [-0.05, 0) is 12.0 Å². The second-order valence-electron chi connectivity index (χ2n) is 4.84. The molecule has 5 nitrogen and oxygen atoms in total. The summed E-state index contributed by atoms with van der Waals surface area (Å²) in [4.78, 5) is 13.0. The number of amides is 1. The molecular weight excluding hydrogens is 244 g/mol. The van der Waals surface area contributed by atoms with Crippen LogP contribution in [0.4, 0.5) is 4.79 Å². The van der Waals surface area contributed by atoms with E-state index in [4.69, 9.17) is 9.84 Å². The van der Waals surface area contributed by atoms with Crippen LogP contribution >= 0.6 is 0 Å². The zero-order valence-corrected chi connectivity index (χ0v) is 11.1. The van der Waals surface area contributed by atoms with Crippen molar-refractivity contribution in [3.63, 3.8) is 0 Å². The summed E-state index contributed by atoms with van der Waals surface area (Å²) in [6.07, 6.45) is -0.297. The first kappa shape index (κ1) is 13.8. The van der Waals surface area contributed by atoms with E-state index in [1.54, 1.807) is 7.11 Å². The molecule has 2 atom stereocenters. The average Bonchev–Trinajstić information content (AvgIpc) is 2.41. The molecule has 1 amide bonds. The third kappa shape index (κ3) is 3.94. The van der Waals surface area contributed by atoms with Crippen LogP contribution in [0.25, 0.3) is 0 Å². The van der Waals surface area contributed by atoms with E-state index < -0.39 is 6.09 Å². The van der Waals surface area contributed by atoms with E-state index in [1.165, 1.54) is 5.56 Å². The van der Waals surface area contributed by atoms with Crippen LogP contribution in [-0.4, -0.2) is 48.4 Å². The standard InChI is InChI=1S/C14H20N2O3/c1-19-13-10-16(8-7-12(13)15-14(17)18)9-11-5-3-2-4-6-11/h2-6,12-13,15H,7-10H2,1H3,(H,17,18)/t12-,13-/m1/s1. The van der Waals surface area contributed by atoms with Gasteiger partial charge in [0, 0.05) is 26.7 Å². The van der Waals surface area contributed by atoms with Crippen molar-refractivity contribution < 1.29 is 14.6 Å². The summed E-state index contributed by atoms with van der Waals surface area (Å²) in [5.74, 6) is 0. The van der Waals surface area contributed by atoms with Gasteiger partial charge in [0.2, 0.25) is 0 Å². The highest BCUT2D eigenvalue weighted by Gasteiger charge is 2.30. The highest BCUT2D eigenvalue weighted by Crippen LogP contribution is 2.16. The monoisotopic (exact) mass is 264 g/mol. The smallest absolute Gasteiger partial charge is 0.404 e. The number of benzene rings is 1. The Morgan fingerprint density at radius 3 is 2.84 bits per heavy atom. The molecule has 0 unspecified atom stereocenters. The first-order valence-corrected chi connectivity index (χ1v) is 6.47. The zero-order valence-electron chi connectivity index (χ0n) is 11.1. The highest BCUT2D eigenvalue weighted by molar-refractivity contribution is 5.65. The summed E-state index contributed by atoms with van der Waals surface area (Å²) in [5.41, 5.74) is 1.27. The molecule has 1 saturated heterocycles. The van der Waals surface area contributed by atoms with Gasteiger partial charge in [-0.1, -0.05) is 30.3 Å². The molecular formula is C14H20N2O3. The number of piperidine rings is 1. The van der Waals surface area contributed by atoms with Crippen molar-refractivity contribution in [3.05, 3.63) is 35.9 Å². The molecule has 1 heterocycles. The Morgan fingerprint density at radius 2 is 2.21 bits per heavy atom. The number of ether oxygens (including phenoxy) is 1. The van der Waals surface area contributed by atoms with E-state index in [-0.39, 0.29) is 12.1 Å². The fourth-order valence-electron chi connectivity index (χ4n) is 2.53. The predicted octanol–water partition coefficient (Wildman–Crippen LogP) is 1.54. The predicted molar refractivity (Wildman–Crippen MR) is 72.1 cm³/mol. The largest absolute Gasteiger partial charge is 0.465 e. The lowest BCUT2D eigenvalue weighted by Gasteiger charge is -2.37. The van der Waals surface area contributed by atoms with E-state index in [1.807, 2.05) is 18.2 Å². The molecule has 0 aromatic heterocycles. The lowest BCUT2D eigenvalue weighted by Crippen LogP contribution is -2.54. The Balaban J connectivity index is 1.91. The van der Waals surface area contributed by atoms with Crippen LogP contribution in [0.2, 0.25) is 0 Å². The first-order chi connectivity index (χ1) is 9.19. The molecule has 0 radical (unpaired) electrons. The van der Waals surface area contributed by atoms with Gasteiger partial charge in [-0.25, -0.2) is 4.79 Å². The Hall–Kier alpha value is -1.59. The lowest BCUT2D eigenvalue weighted by atomic mass is 10.0. The molecule has 0 bridgehead atoms. The van der Waals surface area contributed by atoms with Crippen molar-refractivity contribution >= 4 is 6.09 Å². The van der Waals surface area contributed by atoms with Crippen molar-refractivity contribution in [2.24, 2.45) is 0 Å². The minimum Gasteiger partial charge on any atom is -0.465 e. The van der Waals surface area contributed by atoms with Crippen LogP contribution in [0.5, 0.6) is 0 Å². The van der Waals surface area contributed by atoms with E-state index in [2.05, 4.69) is 22.3 Å². The van der Waals surface area contributed by atoms with Gasteiger partial charge >= 0.3 is 6.09 Å². The minimum absolute atomic E-state index is 0.0893. The Bertz CT molecular complexity index is 410. The summed E-state index contributed by atoms with van der Waals surface area (Å²) < 4.78 is 5.41. The van der Waals surface area contributed by atoms with Gasteiger partial charge < -0.3 is 15.2 Å². The first-order valence-electron chi connectivity index (χ1n) is 6.47. The van der Waals surface area contributed by atoms with Crippen LogP contribution in [-0.2, 0) is 11.3 Å². The van der Waals surface area contributed by atoms with Crippen molar-refractivity contribution in [3.8, 4) is 0 Å². The van der Waals surface area contributed by atoms with E-state index >= 15 is 0 Å². The quantitative estimate of drug-likeness (QED) is 0.866. The number of hydrogen-bond acceptors (Lipinski definition) is 3.